The summed E-state index contributed by atoms with van der Waals surface area (Å²) in [6.45, 7) is 3.50. The van der Waals surface area contributed by atoms with Crippen molar-refractivity contribution in [3.63, 3.8) is 0 Å². The lowest BCUT2D eigenvalue weighted by Gasteiger charge is -2.39. The van der Waals surface area contributed by atoms with E-state index in [1.165, 1.54) is 51.6 Å². The van der Waals surface area contributed by atoms with Gasteiger partial charge in [-0.3, -0.25) is 10.2 Å². The number of nitrogens with one attached hydrogen (secondary N) is 1. The van der Waals surface area contributed by atoms with Crippen molar-refractivity contribution in [1.82, 2.24) is 10.3 Å². The van der Waals surface area contributed by atoms with Crippen LogP contribution in [0.4, 0.5) is 0 Å². The molecular formula is C13H25N3O. The summed E-state index contributed by atoms with van der Waals surface area (Å²) >= 11 is 0. The third kappa shape index (κ3) is 3.42. The van der Waals surface area contributed by atoms with Gasteiger partial charge in [-0.25, -0.2) is 5.84 Å². The molecule has 0 bridgehead atoms. The molecular weight excluding hydrogens is 214 g/mol. The number of rotatable bonds is 4. The zero-order valence-corrected chi connectivity index (χ0v) is 10.7. The Morgan fingerprint density at radius 3 is 2.41 bits per heavy atom. The van der Waals surface area contributed by atoms with Gasteiger partial charge >= 0.3 is 0 Å². The van der Waals surface area contributed by atoms with Crippen molar-refractivity contribution in [1.29, 1.82) is 0 Å². The number of hydrogen-bond acceptors (Lipinski definition) is 3. The Labute approximate surface area is 104 Å². The summed E-state index contributed by atoms with van der Waals surface area (Å²) in [6.07, 6.45) is 10.0. The molecule has 1 saturated carbocycles. The fourth-order valence-electron chi connectivity index (χ4n) is 3.41. The van der Waals surface area contributed by atoms with Crippen LogP contribution in [-0.2, 0) is 4.79 Å². The molecule has 17 heavy (non-hydrogen) atoms. The first-order valence-electron chi connectivity index (χ1n) is 6.96. The number of carbonyl (C=O) groups is 1. The minimum atomic E-state index is -0.0470. The van der Waals surface area contributed by atoms with Gasteiger partial charge in [0.05, 0.1) is 0 Å². The molecule has 1 spiro atoms. The molecule has 0 unspecified atom stereocenters. The van der Waals surface area contributed by atoms with Gasteiger partial charge in [-0.1, -0.05) is 12.8 Å². The van der Waals surface area contributed by atoms with Gasteiger partial charge in [0.25, 0.3) is 0 Å². The first-order valence-corrected chi connectivity index (χ1v) is 6.96. The average molecular weight is 239 g/mol. The molecule has 0 aromatic heterocycles. The molecule has 2 rings (SSSR count). The fraction of sp³-hybridized carbons (Fsp3) is 0.923. The second-order valence-corrected chi connectivity index (χ2v) is 5.72. The van der Waals surface area contributed by atoms with Gasteiger partial charge in [-0.2, -0.15) is 0 Å². The standard InChI is InChI=1S/C13H25N3O/c14-15-12(17)4-3-9-16-10-7-13(8-11-16)5-1-2-6-13/h1-11,14H2,(H,15,17). The van der Waals surface area contributed by atoms with Crippen molar-refractivity contribution >= 4 is 5.91 Å². The lowest BCUT2D eigenvalue weighted by atomic mass is 9.77. The number of hydrazine groups is 1. The van der Waals surface area contributed by atoms with Gasteiger partial charge in [-0.15, -0.1) is 0 Å². The largest absolute Gasteiger partial charge is 0.303 e. The Morgan fingerprint density at radius 1 is 1.18 bits per heavy atom. The van der Waals surface area contributed by atoms with Gasteiger partial charge in [-0.05, 0) is 57.2 Å². The van der Waals surface area contributed by atoms with E-state index in [4.69, 9.17) is 5.84 Å². The lowest BCUT2D eigenvalue weighted by Crippen LogP contribution is -2.39. The third-order valence-electron chi connectivity index (χ3n) is 4.62. The van der Waals surface area contributed by atoms with Crippen LogP contribution in [0.1, 0.15) is 51.4 Å². The third-order valence-corrected chi connectivity index (χ3v) is 4.62. The van der Waals surface area contributed by atoms with Crippen LogP contribution in [0.25, 0.3) is 0 Å². The number of hydrogen-bond donors (Lipinski definition) is 2. The minimum Gasteiger partial charge on any atom is -0.303 e. The van der Waals surface area contributed by atoms with Crippen LogP contribution < -0.4 is 11.3 Å². The molecule has 4 nitrogen and oxygen atoms in total. The average Bonchev–Trinajstić information content (AvgIpc) is 2.80. The topological polar surface area (TPSA) is 58.4 Å². The number of carbonyl (C=O) groups excluding carboxylic acids is 1. The van der Waals surface area contributed by atoms with Crippen molar-refractivity contribution in [2.45, 2.75) is 51.4 Å². The lowest BCUT2D eigenvalue weighted by molar-refractivity contribution is -0.121. The van der Waals surface area contributed by atoms with E-state index in [-0.39, 0.29) is 5.91 Å². The van der Waals surface area contributed by atoms with Gasteiger partial charge in [0.15, 0.2) is 0 Å². The number of nitrogens with zero attached hydrogens (tertiary/aromatic N) is 1. The molecule has 1 aliphatic carbocycles. The van der Waals surface area contributed by atoms with Crippen LogP contribution in [0, 0.1) is 5.41 Å². The van der Waals surface area contributed by atoms with E-state index in [1.54, 1.807) is 0 Å². The Morgan fingerprint density at radius 2 is 1.82 bits per heavy atom. The molecule has 1 heterocycles. The van der Waals surface area contributed by atoms with E-state index < -0.39 is 0 Å². The summed E-state index contributed by atoms with van der Waals surface area (Å²) in [5, 5.41) is 0. The van der Waals surface area contributed by atoms with E-state index in [0.29, 0.717) is 11.8 Å². The number of piperidine rings is 1. The minimum absolute atomic E-state index is 0.0470. The summed E-state index contributed by atoms with van der Waals surface area (Å²) in [6, 6.07) is 0. The zero-order valence-electron chi connectivity index (χ0n) is 10.7. The highest BCUT2D eigenvalue weighted by molar-refractivity contribution is 5.75. The molecule has 2 aliphatic rings. The SMILES string of the molecule is NNC(=O)CCCN1CCC2(CCCC2)CC1. The Hall–Kier alpha value is -0.610. The first kappa shape index (κ1) is 12.8. The zero-order chi connectivity index (χ0) is 12.1. The molecule has 0 aromatic carbocycles. The highest BCUT2D eigenvalue weighted by atomic mass is 16.2. The second kappa shape index (κ2) is 5.83. The predicted octanol–water partition coefficient (Wildman–Crippen LogP) is 1.41. The highest BCUT2D eigenvalue weighted by Crippen LogP contribution is 2.45. The van der Waals surface area contributed by atoms with E-state index in [9.17, 15) is 4.79 Å². The van der Waals surface area contributed by atoms with Crippen LogP contribution >= 0.6 is 0 Å². The molecule has 98 valence electrons. The second-order valence-electron chi connectivity index (χ2n) is 5.72. The van der Waals surface area contributed by atoms with Gasteiger partial charge in [0, 0.05) is 6.42 Å². The summed E-state index contributed by atoms with van der Waals surface area (Å²) in [4.78, 5) is 13.5. The molecule has 1 aliphatic heterocycles. The van der Waals surface area contributed by atoms with Gasteiger partial charge in [0.1, 0.15) is 0 Å². The summed E-state index contributed by atoms with van der Waals surface area (Å²) in [5.41, 5.74) is 2.88. The first-order chi connectivity index (χ1) is 8.24. The van der Waals surface area contributed by atoms with Crippen LogP contribution in [0.3, 0.4) is 0 Å². The molecule has 0 radical (unpaired) electrons. The Kier molecular flexibility index (Phi) is 4.40. The smallest absolute Gasteiger partial charge is 0.233 e. The molecule has 1 saturated heterocycles. The van der Waals surface area contributed by atoms with Crippen LogP contribution in [0.2, 0.25) is 0 Å². The summed E-state index contributed by atoms with van der Waals surface area (Å²) in [5.74, 6) is 5.01. The number of likely N-dealkylation sites (tertiary alicyclic amines) is 1. The Bertz CT molecular complexity index is 251. The number of amides is 1. The van der Waals surface area contributed by atoms with Gasteiger partial charge < -0.3 is 4.90 Å². The molecule has 0 atom stereocenters. The maximum absolute atomic E-state index is 11.0. The van der Waals surface area contributed by atoms with Crippen molar-refractivity contribution in [2.24, 2.45) is 11.3 Å². The molecule has 1 amide bonds. The van der Waals surface area contributed by atoms with Crippen molar-refractivity contribution in [3.05, 3.63) is 0 Å². The molecule has 0 aromatic rings. The Balaban J connectivity index is 1.63. The summed E-state index contributed by atoms with van der Waals surface area (Å²) in [7, 11) is 0. The monoisotopic (exact) mass is 239 g/mol. The maximum atomic E-state index is 11.0. The fourth-order valence-corrected chi connectivity index (χ4v) is 3.41. The van der Waals surface area contributed by atoms with E-state index in [0.717, 1.165) is 13.0 Å². The van der Waals surface area contributed by atoms with Crippen molar-refractivity contribution < 1.29 is 4.79 Å². The maximum Gasteiger partial charge on any atom is 0.233 e. The highest BCUT2D eigenvalue weighted by Gasteiger charge is 2.36. The summed E-state index contributed by atoms with van der Waals surface area (Å²) < 4.78 is 0. The van der Waals surface area contributed by atoms with Crippen molar-refractivity contribution in [2.75, 3.05) is 19.6 Å². The van der Waals surface area contributed by atoms with Crippen LogP contribution in [0.5, 0.6) is 0 Å². The van der Waals surface area contributed by atoms with Crippen LogP contribution in [0.15, 0.2) is 0 Å². The molecule has 2 fully saturated rings. The molecule has 4 heteroatoms. The van der Waals surface area contributed by atoms with E-state index in [2.05, 4.69) is 10.3 Å². The quantitative estimate of drug-likeness (QED) is 0.443. The van der Waals surface area contributed by atoms with Crippen molar-refractivity contribution in [3.8, 4) is 0 Å². The van der Waals surface area contributed by atoms with Crippen LogP contribution in [-0.4, -0.2) is 30.4 Å². The molecule has 3 N–H and O–H groups in total. The van der Waals surface area contributed by atoms with E-state index >= 15 is 0 Å². The normalized spacial score (nSPS) is 24.1. The van der Waals surface area contributed by atoms with Gasteiger partial charge in [0.2, 0.25) is 5.91 Å². The van der Waals surface area contributed by atoms with E-state index in [1.807, 2.05) is 0 Å². The number of nitrogens with two attached hydrogens (primary N) is 1. The predicted molar refractivity (Wildman–Crippen MR) is 68.1 cm³/mol.